The van der Waals surface area contributed by atoms with Crippen LogP contribution >= 0.6 is 23.2 Å². The quantitative estimate of drug-likeness (QED) is 0.371. The van der Waals surface area contributed by atoms with E-state index in [1.54, 1.807) is 44.4 Å². The molecule has 2 aromatic carbocycles. The lowest BCUT2D eigenvalue weighted by atomic mass is 10.2. The summed E-state index contributed by atoms with van der Waals surface area (Å²) in [5, 5.41) is 5.89. The Labute approximate surface area is 230 Å². The second-order valence-corrected chi connectivity index (χ2v) is 9.21. The molecule has 0 saturated carbocycles. The van der Waals surface area contributed by atoms with Gasteiger partial charge in [-0.15, -0.1) is 0 Å². The van der Waals surface area contributed by atoms with Crippen molar-refractivity contribution in [2.24, 2.45) is 0 Å². The van der Waals surface area contributed by atoms with Crippen molar-refractivity contribution in [1.82, 2.24) is 14.9 Å². The zero-order valence-corrected chi connectivity index (χ0v) is 22.3. The second kappa shape index (κ2) is 12.0. The van der Waals surface area contributed by atoms with E-state index in [4.69, 9.17) is 32.7 Å². The number of piperazine rings is 1. The Kier molecular flexibility index (Phi) is 8.55. The molecule has 0 atom stereocenters. The van der Waals surface area contributed by atoms with Crippen molar-refractivity contribution in [2.45, 2.75) is 6.92 Å². The van der Waals surface area contributed by atoms with Crippen molar-refractivity contribution in [1.29, 1.82) is 0 Å². The number of ether oxygens (including phenoxy) is 2. The number of rotatable bonds is 8. The van der Waals surface area contributed by atoms with Crippen molar-refractivity contribution in [3.8, 4) is 17.5 Å². The SMILES string of the molecule is C=C(Cl)C(=O)Nc1cccc(Nc2nc(Oc3ccc(N4CCN(C(C)=O)CC4)cc3OC)ncc2Cl)c1. The highest BCUT2D eigenvalue weighted by atomic mass is 35.5. The molecule has 2 N–H and O–H groups in total. The van der Waals surface area contributed by atoms with Crippen LogP contribution in [0.1, 0.15) is 6.92 Å². The molecular weight excluding hydrogens is 531 g/mol. The molecule has 0 radical (unpaired) electrons. The summed E-state index contributed by atoms with van der Waals surface area (Å²) >= 11 is 12.0. The molecule has 0 spiro atoms. The molecule has 4 rings (SSSR count). The Morgan fingerprint density at radius 1 is 1.05 bits per heavy atom. The van der Waals surface area contributed by atoms with Crippen LogP contribution in [0.2, 0.25) is 5.02 Å². The van der Waals surface area contributed by atoms with Crippen LogP contribution in [-0.4, -0.2) is 60.0 Å². The largest absolute Gasteiger partial charge is 0.493 e. The van der Waals surface area contributed by atoms with E-state index < -0.39 is 5.91 Å². The predicted molar refractivity (Wildman–Crippen MR) is 148 cm³/mol. The minimum absolute atomic E-state index is 0.0564. The predicted octanol–water partition coefficient (Wildman–Crippen LogP) is 5.03. The number of amides is 2. The molecule has 1 aromatic heterocycles. The number of aromatic nitrogens is 2. The minimum atomic E-state index is -0.502. The van der Waals surface area contributed by atoms with Crippen LogP contribution < -0.4 is 25.0 Å². The van der Waals surface area contributed by atoms with E-state index in [9.17, 15) is 9.59 Å². The summed E-state index contributed by atoms with van der Waals surface area (Å²) in [6.07, 6.45) is 1.42. The number of nitrogens with zero attached hydrogens (tertiary/aromatic N) is 4. The molecule has 1 aliphatic heterocycles. The van der Waals surface area contributed by atoms with Gasteiger partial charge in [0.05, 0.1) is 18.3 Å². The molecule has 2 heterocycles. The van der Waals surface area contributed by atoms with E-state index >= 15 is 0 Å². The van der Waals surface area contributed by atoms with Crippen molar-refractivity contribution < 1.29 is 19.1 Å². The molecule has 1 aliphatic rings. The normalized spacial score (nSPS) is 13.1. The third kappa shape index (κ3) is 6.64. The minimum Gasteiger partial charge on any atom is -0.493 e. The molecule has 0 unspecified atom stereocenters. The number of carbonyl (C=O) groups excluding carboxylic acids is 2. The molecule has 38 heavy (non-hydrogen) atoms. The number of hydrogen-bond acceptors (Lipinski definition) is 8. The van der Waals surface area contributed by atoms with Crippen LogP contribution in [0.5, 0.6) is 17.5 Å². The van der Waals surface area contributed by atoms with E-state index in [1.165, 1.54) is 6.20 Å². The average Bonchev–Trinajstić information content (AvgIpc) is 2.91. The first kappa shape index (κ1) is 27.0. The number of halogens is 2. The molecule has 198 valence electrons. The summed E-state index contributed by atoms with van der Waals surface area (Å²) in [6.45, 7) is 7.79. The van der Waals surface area contributed by atoms with Crippen LogP contribution in [-0.2, 0) is 9.59 Å². The lowest BCUT2D eigenvalue weighted by molar-refractivity contribution is -0.129. The molecule has 10 nitrogen and oxygen atoms in total. The molecule has 3 aromatic rings. The standard InChI is InChI=1S/C26H26Cl2N6O4/c1-16(27)25(36)31-19-6-4-5-18(13-19)30-24-21(28)15-29-26(32-24)38-22-8-7-20(14-23(22)37-3)34-11-9-33(10-12-34)17(2)35/h4-8,13-15H,1,9-12H2,2-3H3,(H,31,36)(H,29,30,32). The van der Waals surface area contributed by atoms with Gasteiger partial charge in [-0.3, -0.25) is 9.59 Å². The summed E-state index contributed by atoms with van der Waals surface area (Å²) in [5.41, 5.74) is 2.08. The van der Waals surface area contributed by atoms with E-state index in [2.05, 4.69) is 32.1 Å². The van der Waals surface area contributed by atoms with Crippen LogP contribution in [0.25, 0.3) is 0 Å². The number of methoxy groups -OCH3 is 1. The maximum absolute atomic E-state index is 11.8. The first-order chi connectivity index (χ1) is 18.2. The molecule has 2 amide bonds. The molecule has 1 fully saturated rings. The second-order valence-electron chi connectivity index (χ2n) is 8.34. The highest BCUT2D eigenvalue weighted by molar-refractivity contribution is 6.43. The fraction of sp³-hybridized carbons (Fsp3) is 0.231. The number of nitrogens with one attached hydrogen (secondary N) is 2. The zero-order chi connectivity index (χ0) is 27.2. The van der Waals surface area contributed by atoms with Crippen LogP contribution in [0, 0.1) is 0 Å². The summed E-state index contributed by atoms with van der Waals surface area (Å²) < 4.78 is 11.5. The Morgan fingerprint density at radius 3 is 2.47 bits per heavy atom. The van der Waals surface area contributed by atoms with Gasteiger partial charge in [0.25, 0.3) is 5.91 Å². The maximum atomic E-state index is 11.8. The number of hydrogen-bond donors (Lipinski definition) is 2. The molecule has 1 saturated heterocycles. The fourth-order valence-electron chi connectivity index (χ4n) is 3.81. The Morgan fingerprint density at radius 2 is 1.79 bits per heavy atom. The van der Waals surface area contributed by atoms with Gasteiger partial charge < -0.3 is 29.9 Å². The van der Waals surface area contributed by atoms with E-state index in [0.29, 0.717) is 41.8 Å². The van der Waals surface area contributed by atoms with Gasteiger partial charge in [-0.25, -0.2) is 4.98 Å². The smallest absolute Gasteiger partial charge is 0.324 e. The highest BCUT2D eigenvalue weighted by Crippen LogP contribution is 2.35. The van der Waals surface area contributed by atoms with Crippen LogP contribution in [0.4, 0.5) is 22.9 Å². The maximum Gasteiger partial charge on any atom is 0.324 e. The average molecular weight is 557 g/mol. The van der Waals surface area contributed by atoms with Crippen LogP contribution in [0.3, 0.4) is 0 Å². The van der Waals surface area contributed by atoms with Crippen molar-refractivity contribution in [2.75, 3.05) is 48.8 Å². The van der Waals surface area contributed by atoms with Gasteiger partial charge in [-0.2, -0.15) is 4.98 Å². The third-order valence-electron chi connectivity index (χ3n) is 5.79. The van der Waals surface area contributed by atoms with Gasteiger partial charge in [0.2, 0.25) is 5.91 Å². The highest BCUT2D eigenvalue weighted by Gasteiger charge is 2.20. The number of anilines is 4. The summed E-state index contributed by atoms with van der Waals surface area (Å²) in [6, 6.07) is 12.6. The van der Waals surface area contributed by atoms with E-state index in [1.807, 2.05) is 17.0 Å². The molecule has 0 bridgehead atoms. The van der Waals surface area contributed by atoms with E-state index in [0.717, 1.165) is 18.8 Å². The van der Waals surface area contributed by atoms with Crippen molar-refractivity contribution >= 4 is 57.9 Å². The lowest BCUT2D eigenvalue weighted by Gasteiger charge is -2.35. The Balaban J connectivity index is 1.48. The number of benzene rings is 2. The topological polar surface area (TPSA) is 109 Å². The van der Waals surface area contributed by atoms with E-state index in [-0.39, 0.29) is 22.0 Å². The van der Waals surface area contributed by atoms with Gasteiger partial charge in [0.15, 0.2) is 17.3 Å². The Hall–Kier alpha value is -4.02. The lowest BCUT2D eigenvalue weighted by Crippen LogP contribution is -2.48. The summed E-state index contributed by atoms with van der Waals surface area (Å²) in [4.78, 5) is 36.0. The number of carbonyl (C=O) groups is 2. The van der Waals surface area contributed by atoms with Gasteiger partial charge in [-0.05, 0) is 30.3 Å². The fourth-order valence-corrected chi connectivity index (χ4v) is 4.00. The molecule has 12 heteroatoms. The van der Waals surface area contributed by atoms with Gasteiger partial charge in [-0.1, -0.05) is 35.8 Å². The molecular formula is C26H26Cl2N6O4. The van der Waals surface area contributed by atoms with Crippen molar-refractivity contribution in [3.05, 3.63) is 65.3 Å². The first-order valence-corrected chi connectivity index (χ1v) is 12.4. The van der Waals surface area contributed by atoms with Gasteiger partial charge in [0, 0.05) is 56.2 Å². The monoisotopic (exact) mass is 556 g/mol. The summed E-state index contributed by atoms with van der Waals surface area (Å²) in [5.74, 6) is 0.824. The third-order valence-corrected chi connectivity index (χ3v) is 6.24. The first-order valence-electron chi connectivity index (χ1n) is 11.6. The van der Waals surface area contributed by atoms with Crippen LogP contribution in [0.15, 0.2) is 60.3 Å². The Bertz CT molecular complexity index is 1360. The van der Waals surface area contributed by atoms with Gasteiger partial charge >= 0.3 is 6.01 Å². The zero-order valence-electron chi connectivity index (χ0n) is 20.8. The molecule has 0 aliphatic carbocycles. The summed E-state index contributed by atoms with van der Waals surface area (Å²) in [7, 11) is 1.56. The van der Waals surface area contributed by atoms with Crippen molar-refractivity contribution in [3.63, 3.8) is 0 Å². The van der Waals surface area contributed by atoms with Gasteiger partial charge in [0.1, 0.15) is 5.02 Å².